The topological polar surface area (TPSA) is 137 Å². The molecule has 0 spiro atoms. The number of carbonyl (C=O) groups excluding carboxylic acids is 4. The van der Waals surface area contributed by atoms with E-state index in [0.29, 0.717) is 40.7 Å². The van der Waals surface area contributed by atoms with E-state index in [1.807, 2.05) is 12.2 Å². The average Bonchev–Trinajstić information content (AvgIpc) is 3.28. The summed E-state index contributed by atoms with van der Waals surface area (Å²) in [7, 11) is 0. The maximum atomic E-state index is 13.2. The molecule has 2 heterocycles. The Labute approximate surface area is 249 Å². The number of ketones is 1. The fourth-order valence-corrected chi connectivity index (χ4v) is 5.63. The van der Waals surface area contributed by atoms with E-state index in [1.165, 1.54) is 17.0 Å². The van der Waals surface area contributed by atoms with Gasteiger partial charge in [0.25, 0.3) is 5.69 Å². The molecule has 3 aromatic carbocycles. The normalized spacial score (nSPS) is 17.7. The van der Waals surface area contributed by atoms with Crippen LogP contribution >= 0.6 is 11.6 Å². The molecule has 2 amide bonds. The van der Waals surface area contributed by atoms with Crippen LogP contribution in [0.2, 0.25) is 5.02 Å². The molecule has 2 aliphatic rings. The highest BCUT2D eigenvalue weighted by Gasteiger charge is 2.47. The second-order valence-corrected chi connectivity index (χ2v) is 10.6. The lowest BCUT2D eigenvalue weighted by Gasteiger charge is -2.15. The Morgan fingerprint density at radius 3 is 2.30 bits per heavy atom. The smallest absolute Gasteiger partial charge is 0.339 e. The number of hydrogen-bond acceptors (Lipinski definition) is 8. The number of halogens is 1. The van der Waals surface area contributed by atoms with Crippen LogP contribution < -0.4 is 4.90 Å². The first-order valence-electron chi connectivity index (χ1n) is 13.4. The third kappa shape index (κ3) is 5.17. The number of nitro groups is 1. The van der Waals surface area contributed by atoms with E-state index < -0.39 is 29.0 Å². The molecule has 0 saturated carbocycles. The largest absolute Gasteiger partial charge is 0.454 e. The van der Waals surface area contributed by atoms with Crippen LogP contribution in [0.1, 0.15) is 33.6 Å². The molecule has 4 aromatic rings. The van der Waals surface area contributed by atoms with Gasteiger partial charge in [-0.1, -0.05) is 54.1 Å². The number of anilines is 1. The number of hydrogen-bond donors (Lipinski definition) is 0. The summed E-state index contributed by atoms with van der Waals surface area (Å²) in [4.78, 5) is 68.2. The number of nitro benzene ring substituents is 1. The van der Waals surface area contributed by atoms with E-state index in [4.69, 9.17) is 16.3 Å². The molecule has 43 heavy (non-hydrogen) atoms. The molecule has 0 bridgehead atoms. The maximum absolute atomic E-state index is 13.2. The van der Waals surface area contributed by atoms with E-state index in [-0.39, 0.29) is 39.8 Å². The van der Waals surface area contributed by atoms with E-state index in [0.717, 1.165) is 6.07 Å². The zero-order valence-electron chi connectivity index (χ0n) is 22.4. The Bertz CT molecular complexity index is 1840. The number of imide groups is 1. The van der Waals surface area contributed by atoms with Crippen molar-refractivity contribution in [2.75, 3.05) is 11.5 Å². The van der Waals surface area contributed by atoms with Crippen molar-refractivity contribution in [3.8, 4) is 11.3 Å². The summed E-state index contributed by atoms with van der Waals surface area (Å²) in [6, 6.07) is 18.9. The van der Waals surface area contributed by atoms with Gasteiger partial charge in [0.05, 0.1) is 39.2 Å². The number of ether oxygens (including phenoxy) is 1. The van der Waals surface area contributed by atoms with Crippen LogP contribution in [0.3, 0.4) is 0 Å². The van der Waals surface area contributed by atoms with E-state index in [2.05, 4.69) is 4.98 Å². The van der Waals surface area contributed by atoms with Crippen LogP contribution in [0.25, 0.3) is 22.2 Å². The van der Waals surface area contributed by atoms with E-state index >= 15 is 0 Å². The van der Waals surface area contributed by atoms with Gasteiger partial charge in [0.15, 0.2) is 6.61 Å². The summed E-state index contributed by atoms with van der Waals surface area (Å²) in [6.45, 7) is -0.645. The Balaban J connectivity index is 1.25. The van der Waals surface area contributed by atoms with Crippen LogP contribution in [0, 0.1) is 22.0 Å². The molecule has 1 fully saturated rings. The Morgan fingerprint density at radius 2 is 1.63 bits per heavy atom. The summed E-state index contributed by atoms with van der Waals surface area (Å²) in [5, 5.41) is 11.6. The number of allylic oxidation sites excluding steroid dienone is 2. The average molecular weight is 596 g/mol. The quantitative estimate of drug-likeness (QED) is 0.0637. The van der Waals surface area contributed by atoms with Gasteiger partial charge in [-0.15, -0.1) is 0 Å². The van der Waals surface area contributed by atoms with Crippen LogP contribution in [0.5, 0.6) is 0 Å². The van der Waals surface area contributed by atoms with E-state index in [1.54, 1.807) is 54.6 Å². The molecule has 11 heteroatoms. The molecule has 2 unspecified atom stereocenters. The molecule has 1 aliphatic carbocycles. The number of fused-ring (bicyclic) bond motifs is 2. The second kappa shape index (κ2) is 11.2. The summed E-state index contributed by atoms with van der Waals surface area (Å²) >= 11 is 5.83. The highest BCUT2D eigenvalue weighted by atomic mass is 35.5. The number of para-hydroxylation sites is 1. The molecule has 10 nitrogen and oxygen atoms in total. The minimum absolute atomic E-state index is 0.0188. The Kier molecular flexibility index (Phi) is 7.29. The standard InChI is InChI=1S/C32H22ClN3O7/c33-25-14-11-19(15-28(25)36(41)42)29(37)17-43-32(40)24-16-27(34-26-8-4-3-5-21(24)26)18-9-12-20(13-10-18)35-30(38)22-6-1-2-7-23(22)31(35)39/h1-5,8-16,22-23H,6-7,17H2. The minimum Gasteiger partial charge on any atom is -0.454 e. The number of aromatic nitrogens is 1. The molecule has 0 radical (unpaired) electrons. The summed E-state index contributed by atoms with van der Waals surface area (Å²) < 4.78 is 5.32. The molecular weight excluding hydrogens is 574 g/mol. The monoisotopic (exact) mass is 595 g/mol. The molecule has 2 atom stereocenters. The van der Waals surface area contributed by atoms with E-state index in [9.17, 15) is 29.3 Å². The lowest BCUT2D eigenvalue weighted by atomic mass is 9.85. The van der Waals surface area contributed by atoms with Crippen LogP contribution in [-0.2, 0) is 14.3 Å². The SMILES string of the molecule is O=C(COC(=O)c1cc(-c2ccc(N3C(=O)C4CC=CCC4C3=O)cc2)nc2ccccc12)c1ccc(Cl)c([N+](=O)[O-])c1. The van der Waals surface area contributed by atoms with Gasteiger partial charge < -0.3 is 4.74 Å². The van der Waals surface area contributed by atoms with Crippen molar-refractivity contribution in [3.63, 3.8) is 0 Å². The maximum Gasteiger partial charge on any atom is 0.339 e. The van der Waals surface area contributed by atoms with Crippen molar-refractivity contribution in [1.82, 2.24) is 4.98 Å². The zero-order chi connectivity index (χ0) is 30.2. The molecule has 1 aromatic heterocycles. The van der Waals surface area contributed by atoms with Gasteiger partial charge in [0, 0.05) is 22.6 Å². The predicted octanol–water partition coefficient (Wildman–Crippen LogP) is 5.96. The van der Waals surface area contributed by atoms with Crippen LogP contribution in [-0.4, -0.2) is 40.1 Å². The fraction of sp³-hybridized carbons (Fsp3) is 0.156. The molecule has 0 N–H and O–H groups in total. The van der Waals surface area contributed by atoms with Crippen molar-refractivity contribution in [3.05, 3.63) is 111 Å². The van der Waals surface area contributed by atoms with Crippen molar-refractivity contribution < 1.29 is 28.8 Å². The Morgan fingerprint density at radius 1 is 0.953 bits per heavy atom. The molecule has 214 valence electrons. The fourth-order valence-electron chi connectivity index (χ4n) is 5.45. The first kappa shape index (κ1) is 27.9. The Hall–Kier alpha value is -5.22. The number of pyridine rings is 1. The number of rotatable bonds is 7. The van der Waals surface area contributed by atoms with Gasteiger partial charge in [-0.3, -0.25) is 29.4 Å². The molecule has 6 rings (SSSR count). The van der Waals surface area contributed by atoms with Crippen molar-refractivity contribution in [2.24, 2.45) is 11.8 Å². The lowest BCUT2D eigenvalue weighted by molar-refractivity contribution is -0.384. The van der Waals surface area contributed by atoms with Gasteiger partial charge >= 0.3 is 5.97 Å². The minimum atomic E-state index is -0.780. The van der Waals surface area contributed by atoms with Crippen LogP contribution in [0.15, 0.2) is 84.9 Å². The van der Waals surface area contributed by atoms with Gasteiger partial charge in [-0.05, 0) is 49.2 Å². The second-order valence-electron chi connectivity index (χ2n) is 10.2. The van der Waals surface area contributed by atoms with Crippen LogP contribution in [0.4, 0.5) is 11.4 Å². The van der Waals surface area contributed by atoms with Gasteiger partial charge in [0.2, 0.25) is 17.6 Å². The number of benzene rings is 3. The summed E-state index contributed by atoms with van der Waals surface area (Å²) in [6.07, 6.45) is 4.98. The molecule has 1 saturated heterocycles. The first-order chi connectivity index (χ1) is 20.7. The predicted molar refractivity (Wildman–Crippen MR) is 158 cm³/mol. The highest BCUT2D eigenvalue weighted by Crippen LogP contribution is 2.38. The van der Waals surface area contributed by atoms with Crippen molar-refractivity contribution in [1.29, 1.82) is 0 Å². The van der Waals surface area contributed by atoms with Gasteiger partial charge in [-0.2, -0.15) is 0 Å². The third-order valence-corrected chi connectivity index (χ3v) is 7.98. The summed E-state index contributed by atoms with van der Waals surface area (Å²) in [5.41, 5.74) is 1.77. The molecule has 1 aliphatic heterocycles. The lowest BCUT2D eigenvalue weighted by Crippen LogP contribution is -2.30. The van der Waals surface area contributed by atoms with Crippen molar-refractivity contribution >= 4 is 57.4 Å². The number of esters is 1. The van der Waals surface area contributed by atoms with Gasteiger partial charge in [0.1, 0.15) is 5.02 Å². The third-order valence-electron chi connectivity index (χ3n) is 7.66. The summed E-state index contributed by atoms with van der Waals surface area (Å²) in [5.74, 6) is -2.50. The van der Waals surface area contributed by atoms with Crippen molar-refractivity contribution in [2.45, 2.75) is 12.8 Å². The zero-order valence-corrected chi connectivity index (χ0v) is 23.2. The molecular formula is C32H22ClN3O7. The number of nitrogens with zero attached hydrogens (tertiary/aromatic N) is 3. The first-order valence-corrected chi connectivity index (χ1v) is 13.8. The number of carbonyl (C=O) groups is 4. The van der Waals surface area contributed by atoms with Gasteiger partial charge in [-0.25, -0.2) is 9.78 Å². The number of Topliss-reactive ketones (excluding diaryl/α,β-unsaturated/α-hetero) is 1. The number of amides is 2. The highest BCUT2D eigenvalue weighted by molar-refractivity contribution is 6.32.